The maximum atomic E-state index is 6.06. The third kappa shape index (κ3) is 3.05. The number of nitrogens with zero attached hydrogens (tertiary/aromatic N) is 2. The summed E-state index contributed by atoms with van der Waals surface area (Å²) in [5, 5.41) is 1.24. The van der Waals surface area contributed by atoms with Crippen LogP contribution in [0.15, 0.2) is 30.6 Å². The third-order valence-electron chi connectivity index (χ3n) is 2.19. The first-order valence-corrected chi connectivity index (χ1v) is 5.83. The quantitative estimate of drug-likeness (QED) is 0.810. The van der Waals surface area contributed by atoms with Crippen LogP contribution >= 0.6 is 23.2 Å². The van der Waals surface area contributed by atoms with Crippen LogP contribution in [-0.4, -0.2) is 9.97 Å². The molecule has 17 heavy (non-hydrogen) atoms. The van der Waals surface area contributed by atoms with Crippen LogP contribution in [0, 0.1) is 6.92 Å². The molecule has 2 nitrogen and oxygen atoms in total. The average Bonchev–Trinajstić information content (AvgIpc) is 2.28. The number of halogens is 2. The van der Waals surface area contributed by atoms with E-state index >= 15 is 0 Å². The number of aryl methyl sites for hydroxylation is 1. The normalized spacial score (nSPS) is 11.0. The predicted octanol–water partition coefficient (Wildman–Crippen LogP) is 4.26. The van der Waals surface area contributed by atoms with E-state index in [4.69, 9.17) is 23.2 Å². The van der Waals surface area contributed by atoms with Gasteiger partial charge in [-0.3, -0.25) is 9.97 Å². The highest BCUT2D eigenvalue weighted by molar-refractivity contribution is 6.37. The van der Waals surface area contributed by atoms with Crippen LogP contribution in [0.25, 0.3) is 12.2 Å². The van der Waals surface area contributed by atoms with Crippen LogP contribution in [0.2, 0.25) is 10.0 Å². The first-order chi connectivity index (χ1) is 8.16. The first-order valence-electron chi connectivity index (χ1n) is 5.07. The van der Waals surface area contributed by atoms with Crippen molar-refractivity contribution in [1.29, 1.82) is 0 Å². The molecule has 1 aromatic carbocycles. The van der Waals surface area contributed by atoms with Crippen LogP contribution in [0.5, 0.6) is 0 Å². The maximum absolute atomic E-state index is 6.06. The fourth-order valence-electron chi connectivity index (χ4n) is 1.40. The molecule has 1 heterocycles. The van der Waals surface area contributed by atoms with Crippen molar-refractivity contribution in [3.8, 4) is 0 Å². The van der Waals surface area contributed by atoms with E-state index in [0.717, 1.165) is 17.0 Å². The van der Waals surface area contributed by atoms with Gasteiger partial charge in [-0.2, -0.15) is 0 Å². The maximum Gasteiger partial charge on any atom is 0.0816 e. The van der Waals surface area contributed by atoms with Crippen molar-refractivity contribution in [2.75, 3.05) is 0 Å². The lowest BCUT2D eigenvalue weighted by atomic mass is 10.2. The van der Waals surface area contributed by atoms with Gasteiger partial charge in [0.15, 0.2) is 0 Å². The van der Waals surface area contributed by atoms with Crippen molar-refractivity contribution in [1.82, 2.24) is 9.97 Å². The second kappa shape index (κ2) is 5.30. The minimum Gasteiger partial charge on any atom is -0.261 e. The van der Waals surface area contributed by atoms with E-state index in [-0.39, 0.29) is 0 Å². The van der Waals surface area contributed by atoms with E-state index in [2.05, 4.69) is 9.97 Å². The highest BCUT2D eigenvalue weighted by Crippen LogP contribution is 2.25. The van der Waals surface area contributed by atoms with Crippen LogP contribution in [0.4, 0.5) is 0 Å². The summed E-state index contributed by atoms with van der Waals surface area (Å²) in [6.07, 6.45) is 7.08. The number of hydrogen-bond donors (Lipinski definition) is 0. The Bertz CT molecular complexity index is 545. The molecule has 2 aromatic rings. The Morgan fingerprint density at radius 1 is 1.06 bits per heavy atom. The molecule has 1 aromatic heterocycles. The van der Waals surface area contributed by atoms with Gasteiger partial charge in [-0.05, 0) is 31.2 Å². The lowest BCUT2D eigenvalue weighted by molar-refractivity contribution is 1.10. The smallest absolute Gasteiger partial charge is 0.0816 e. The van der Waals surface area contributed by atoms with Crippen LogP contribution < -0.4 is 0 Å². The molecule has 0 aliphatic rings. The standard InChI is InChI=1S/C13H10Cl2N2/c1-9-7-16-8-10(17-9)5-6-11-12(14)3-2-4-13(11)15/h2-8H,1H3. The highest BCUT2D eigenvalue weighted by Gasteiger charge is 2.01. The van der Waals surface area contributed by atoms with Gasteiger partial charge >= 0.3 is 0 Å². The molecule has 0 saturated carbocycles. The molecule has 86 valence electrons. The number of aromatic nitrogens is 2. The zero-order chi connectivity index (χ0) is 12.3. The van der Waals surface area contributed by atoms with E-state index in [1.54, 1.807) is 24.5 Å². The summed E-state index contributed by atoms with van der Waals surface area (Å²) in [7, 11) is 0. The lowest BCUT2D eigenvalue weighted by Crippen LogP contribution is -1.86. The van der Waals surface area contributed by atoms with Crippen molar-refractivity contribution in [2.24, 2.45) is 0 Å². The van der Waals surface area contributed by atoms with E-state index in [1.807, 2.05) is 25.1 Å². The third-order valence-corrected chi connectivity index (χ3v) is 2.85. The fraction of sp³-hybridized carbons (Fsp3) is 0.0769. The summed E-state index contributed by atoms with van der Waals surface area (Å²) in [4.78, 5) is 8.37. The first kappa shape index (κ1) is 12.1. The van der Waals surface area contributed by atoms with Gasteiger partial charge in [0.2, 0.25) is 0 Å². The zero-order valence-corrected chi connectivity index (χ0v) is 10.7. The Kier molecular flexibility index (Phi) is 3.77. The second-order valence-electron chi connectivity index (χ2n) is 3.55. The summed E-state index contributed by atoms with van der Waals surface area (Å²) in [5.41, 5.74) is 2.44. The largest absolute Gasteiger partial charge is 0.261 e. The Morgan fingerprint density at radius 2 is 1.76 bits per heavy atom. The summed E-state index contributed by atoms with van der Waals surface area (Å²) >= 11 is 12.1. The van der Waals surface area contributed by atoms with Gasteiger partial charge in [-0.25, -0.2) is 0 Å². The molecule has 0 bridgehead atoms. The zero-order valence-electron chi connectivity index (χ0n) is 9.19. The molecular formula is C13H10Cl2N2. The molecule has 0 fully saturated rings. The van der Waals surface area contributed by atoms with Crippen LogP contribution in [0.1, 0.15) is 17.0 Å². The van der Waals surface area contributed by atoms with Crippen molar-refractivity contribution in [3.05, 3.63) is 57.6 Å². The van der Waals surface area contributed by atoms with E-state index in [0.29, 0.717) is 10.0 Å². The van der Waals surface area contributed by atoms with Gasteiger partial charge in [0, 0.05) is 21.8 Å². The van der Waals surface area contributed by atoms with Crippen LogP contribution in [0.3, 0.4) is 0 Å². The number of hydrogen-bond acceptors (Lipinski definition) is 2. The van der Waals surface area contributed by atoms with E-state index in [9.17, 15) is 0 Å². The molecule has 0 radical (unpaired) electrons. The molecule has 0 unspecified atom stereocenters. The fourth-order valence-corrected chi connectivity index (χ4v) is 1.93. The molecule has 0 saturated heterocycles. The SMILES string of the molecule is Cc1cncc(C=Cc2c(Cl)cccc2Cl)n1. The molecule has 0 amide bonds. The van der Waals surface area contributed by atoms with E-state index in [1.165, 1.54) is 0 Å². The molecule has 0 spiro atoms. The number of benzene rings is 1. The minimum absolute atomic E-state index is 0.620. The van der Waals surface area contributed by atoms with E-state index < -0.39 is 0 Å². The van der Waals surface area contributed by atoms with Crippen LogP contribution in [-0.2, 0) is 0 Å². The lowest BCUT2D eigenvalue weighted by Gasteiger charge is -2.00. The monoisotopic (exact) mass is 264 g/mol. The molecule has 0 N–H and O–H groups in total. The van der Waals surface area contributed by atoms with Gasteiger partial charge in [0.1, 0.15) is 0 Å². The Balaban J connectivity index is 2.32. The van der Waals surface area contributed by atoms with Crippen molar-refractivity contribution in [3.63, 3.8) is 0 Å². The molecule has 2 rings (SSSR count). The van der Waals surface area contributed by atoms with Gasteiger partial charge in [0.05, 0.1) is 17.6 Å². The van der Waals surface area contributed by atoms with Gasteiger partial charge in [-0.15, -0.1) is 0 Å². The van der Waals surface area contributed by atoms with Gasteiger partial charge < -0.3 is 0 Å². The van der Waals surface area contributed by atoms with Crippen molar-refractivity contribution in [2.45, 2.75) is 6.92 Å². The molecule has 4 heteroatoms. The van der Waals surface area contributed by atoms with Gasteiger partial charge in [-0.1, -0.05) is 29.3 Å². The summed E-state index contributed by atoms with van der Waals surface area (Å²) < 4.78 is 0. The average molecular weight is 265 g/mol. The summed E-state index contributed by atoms with van der Waals surface area (Å²) in [6, 6.07) is 5.42. The number of rotatable bonds is 2. The van der Waals surface area contributed by atoms with Crippen molar-refractivity contribution < 1.29 is 0 Å². The molecule has 0 aliphatic heterocycles. The molecular weight excluding hydrogens is 255 g/mol. The molecule has 0 aliphatic carbocycles. The second-order valence-corrected chi connectivity index (χ2v) is 4.37. The minimum atomic E-state index is 0.620. The summed E-state index contributed by atoms with van der Waals surface area (Å²) in [5.74, 6) is 0. The van der Waals surface area contributed by atoms with Gasteiger partial charge in [0.25, 0.3) is 0 Å². The Hall–Kier alpha value is -1.38. The predicted molar refractivity (Wildman–Crippen MR) is 72.2 cm³/mol. The molecule has 0 atom stereocenters. The topological polar surface area (TPSA) is 25.8 Å². The summed E-state index contributed by atoms with van der Waals surface area (Å²) in [6.45, 7) is 1.90. The Morgan fingerprint density at radius 3 is 2.41 bits per heavy atom. The van der Waals surface area contributed by atoms with Crippen molar-refractivity contribution >= 4 is 35.4 Å². The Labute approximate surface area is 110 Å². The highest BCUT2D eigenvalue weighted by atomic mass is 35.5.